The molecule has 0 bridgehead atoms. The zero-order chi connectivity index (χ0) is 11.3. The van der Waals surface area contributed by atoms with E-state index < -0.39 is 0 Å². The van der Waals surface area contributed by atoms with E-state index in [1.54, 1.807) is 13.3 Å². The van der Waals surface area contributed by atoms with Crippen molar-refractivity contribution in [2.75, 3.05) is 7.05 Å². The first-order valence-electron chi connectivity index (χ1n) is 4.40. The first-order chi connectivity index (χ1) is 7.13. The van der Waals surface area contributed by atoms with Gasteiger partial charge in [-0.1, -0.05) is 23.2 Å². The van der Waals surface area contributed by atoms with Crippen LogP contribution in [-0.4, -0.2) is 18.4 Å². The second-order valence-corrected chi connectivity index (χ2v) is 3.79. The molecule has 5 heteroatoms. The smallest absolute Gasteiger partial charge is 0.186 e. The van der Waals surface area contributed by atoms with E-state index in [-0.39, 0.29) is 0 Å². The summed E-state index contributed by atoms with van der Waals surface area (Å²) in [7, 11) is 1.73. The Morgan fingerprint density at radius 2 is 2.27 bits per heavy atom. The Morgan fingerprint density at radius 1 is 1.53 bits per heavy atom. The summed E-state index contributed by atoms with van der Waals surface area (Å²) in [6, 6.07) is 5.75. The molecular weight excluding hydrogens is 230 g/mol. The summed E-state index contributed by atoms with van der Waals surface area (Å²) < 4.78 is 0. The van der Waals surface area contributed by atoms with Crippen molar-refractivity contribution in [3.05, 3.63) is 34.3 Å². The van der Waals surface area contributed by atoms with Gasteiger partial charge in [-0.15, -0.1) is 0 Å². The molecule has 0 spiro atoms. The fourth-order valence-corrected chi connectivity index (χ4v) is 1.20. The van der Waals surface area contributed by atoms with Crippen molar-refractivity contribution < 1.29 is 0 Å². The number of rotatable bonds is 2. The summed E-state index contributed by atoms with van der Waals surface area (Å²) in [5.41, 5.74) is 4.66. The maximum atomic E-state index is 5.98. The average molecular weight is 242 g/mol. The average Bonchev–Trinajstić information content (AvgIpc) is 2.23. The number of nitrogens with zero attached hydrogens (tertiary/aromatic N) is 1. The Hall–Kier alpha value is -1.13. The number of thiocarbonyl (C=S) groups is 1. The van der Waals surface area contributed by atoms with Gasteiger partial charge < -0.3 is 5.32 Å². The molecule has 0 aromatic heterocycles. The van der Waals surface area contributed by atoms with Crippen LogP contribution in [-0.2, 0) is 0 Å². The molecule has 1 rings (SSSR count). The lowest BCUT2D eigenvalue weighted by atomic mass is 10.1. The third kappa shape index (κ3) is 3.85. The Morgan fingerprint density at radius 3 is 2.93 bits per heavy atom. The largest absolute Gasteiger partial charge is 0.364 e. The maximum Gasteiger partial charge on any atom is 0.186 e. The van der Waals surface area contributed by atoms with Crippen LogP contribution in [0.25, 0.3) is 0 Å². The quantitative estimate of drug-likeness (QED) is 0.473. The molecule has 80 valence electrons. The predicted octanol–water partition coefficient (Wildman–Crippen LogP) is 2.08. The summed E-state index contributed by atoms with van der Waals surface area (Å²) >= 11 is 10.8. The number of nitrogens with one attached hydrogen (secondary N) is 2. The van der Waals surface area contributed by atoms with Crippen molar-refractivity contribution >= 4 is 35.1 Å². The second kappa shape index (κ2) is 5.68. The van der Waals surface area contributed by atoms with Gasteiger partial charge in [-0.3, -0.25) is 5.43 Å². The molecule has 3 nitrogen and oxygen atoms in total. The van der Waals surface area contributed by atoms with E-state index in [1.165, 1.54) is 0 Å². The minimum atomic E-state index is 0.468. The molecule has 0 saturated heterocycles. The second-order valence-electron chi connectivity index (χ2n) is 2.97. The highest BCUT2D eigenvalue weighted by atomic mass is 35.5. The number of benzene rings is 1. The van der Waals surface area contributed by atoms with Crippen molar-refractivity contribution in [1.29, 1.82) is 0 Å². The van der Waals surface area contributed by atoms with E-state index in [1.807, 2.05) is 25.1 Å². The summed E-state index contributed by atoms with van der Waals surface area (Å²) in [6.07, 6.45) is 1.64. The minimum Gasteiger partial charge on any atom is -0.364 e. The molecule has 0 heterocycles. The number of aryl methyl sites for hydroxylation is 1. The van der Waals surface area contributed by atoms with Crippen LogP contribution in [0, 0.1) is 6.92 Å². The molecule has 1 aromatic rings. The molecule has 0 fully saturated rings. The van der Waals surface area contributed by atoms with Gasteiger partial charge in [0.15, 0.2) is 5.11 Å². The number of hydrogen-bond donors (Lipinski definition) is 2. The van der Waals surface area contributed by atoms with Crippen LogP contribution in [0.5, 0.6) is 0 Å². The van der Waals surface area contributed by atoms with Crippen molar-refractivity contribution in [2.45, 2.75) is 6.92 Å². The first kappa shape index (κ1) is 11.9. The fraction of sp³-hybridized carbons (Fsp3) is 0.200. The van der Waals surface area contributed by atoms with Gasteiger partial charge in [0.05, 0.1) is 6.21 Å². The normalized spacial score (nSPS) is 10.3. The Labute approximate surface area is 99.5 Å². The van der Waals surface area contributed by atoms with Gasteiger partial charge in [-0.05, 0) is 31.3 Å². The fourth-order valence-electron chi connectivity index (χ4n) is 0.978. The first-order valence-corrected chi connectivity index (χ1v) is 5.19. The van der Waals surface area contributed by atoms with Crippen LogP contribution in [0.15, 0.2) is 23.3 Å². The number of hydrazone groups is 1. The zero-order valence-corrected chi connectivity index (χ0v) is 10.1. The third-order valence-corrected chi connectivity index (χ3v) is 2.39. The monoisotopic (exact) mass is 241 g/mol. The van der Waals surface area contributed by atoms with Gasteiger partial charge in [-0.25, -0.2) is 0 Å². The summed E-state index contributed by atoms with van der Waals surface area (Å²) in [4.78, 5) is 0. The molecule has 0 radical (unpaired) electrons. The van der Waals surface area contributed by atoms with Crippen molar-refractivity contribution in [3.63, 3.8) is 0 Å². The molecule has 2 N–H and O–H groups in total. The van der Waals surface area contributed by atoms with Crippen LogP contribution in [0.3, 0.4) is 0 Å². The molecule has 0 unspecified atom stereocenters. The van der Waals surface area contributed by atoms with E-state index in [2.05, 4.69) is 15.8 Å². The van der Waals surface area contributed by atoms with Crippen LogP contribution < -0.4 is 10.7 Å². The predicted molar refractivity (Wildman–Crippen MR) is 68.6 cm³/mol. The van der Waals surface area contributed by atoms with E-state index >= 15 is 0 Å². The van der Waals surface area contributed by atoms with Crippen LogP contribution in [0.2, 0.25) is 5.02 Å². The van der Waals surface area contributed by atoms with E-state index in [9.17, 15) is 0 Å². The van der Waals surface area contributed by atoms with Crippen LogP contribution >= 0.6 is 23.8 Å². The zero-order valence-electron chi connectivity index (χ0n) is 8.54. The Kier molecular flexibility index (Phi) is 4.52. The maximum absolute atomic E-state index is 5.98. The molecule has 0 aliphatic rings. The Balaban J connectivity index is 2.71. The standard InChI is InChI=1S/C10H12ClN3S/c1-7-3-4-9(11)8(5-7)6-13-14-10(15)12-2/h3-6H,1-2H3,(H2,12,14,15). The lowest BCUT2D eigenvalue weighted by Gasteiger charge is -2.01. The molecular formula is C10H12ClN3S. The van der Waals surface area contributed by atoms with Gasteiger partial charge >= 0.3 is 0 Å². The topological polar surface area (TPSA) is 36.4 Å². The van der Waals surface area contributed by atoms with Gasteiger partial charge in [0.25, 0.3) is 0 Å². The van der Waals surface area contributed by atoms with E-state index in [4.69, 9.17) is 23.8 Å². The van der Waals surface area contributed by atoms with E-state index in [0.29, 0.717) is 10.1 Å². The van der Waals surface area contributed by atoms with Crippen LogP contribution in [0.4, 0.5) is 0 Å². The number of halogens is 1. The molecule has 0 atom stereocenters. The molecule has 0 aliphatic carbocycles. The molecule has 0 saturated carbocycles. The highest BCUT2D eigenvalue weighted by molar-refractivity contribution is 7.80. The SMILES string of the molecule is CNC(=S)NN=Cc1cc(C)ccc1Cl. The molecule has 1 aromatic carbocycles. The Bertz CT molecular complexity index is 390. The van der Waals surface area contributed by atoms with Crippen molar-refractivity contribution in [3.8, 4) is 0 Å². The molecule has 0 aliphatic heterocycles. The minimum absolute atomic E-state index is 0.468. The van der Waals surface area contributed by atoms with Gasteiger partial charge in [0.1, 0.15) is 0 Å². The van der Waals surface area contributed by atoms with Gasteiger partial charge in [-0.2, -0.15) is 5.10 Å². The molecule has 15 heavy (non-hydrogen) atoms. The van der Waals surface area contributed by atoms with Crippen molar-refractivity contribution in [2.24, 2.45) is 5.10 Å². The summed E-state index contributed by atoms with van der Waals surface area (Å²) in [6.45, 7) is 2.00. The van der Waals surface area contributed by atoms with E-state index in [0.717, 1.165) is 11.1 Å². The molecule has 0 amide bonds. The van der Waals surface area contributed by atoms with Gasteiger partial charge in [0.2, 0.25) is 0 Å². The highest BCUT2D eigenvalue weighted by Gasteiger charge is 1.96. The third-order valence-electron chi connectivity index (χ3n) is 1.75. The van der Waals surface area contributed by atoms with Crippen LogP contribution in [0.1, 0.15) is 11.1 Å². The lowest BCUT2D eigenvalue weighted by Crippen LogP contribution is -2.28. The highest BCUT2D eigenvalue weighted by Crippen LogP contribution is 2.14. The number of hydrogen-bond acceptors (Lipinski definition) is 2. The summed E-state index contributed by atoms with van der Waals surface area (Å²) in [5.74, 6) is 0. The lowest BCUT2D eigenvalue weighted by molar-refractivity contribution is 0.982. The van der Waals surface area contributed by atoms with Crippen molar-refractivity contribution in [1.82, 2.24) is 10.7 Å². The summed E-state index contributed by atoms with van der Waals surface area (Å²) in [5, 5.41) is 7.84. The van der Waals surface area contributed by atoms with Gasteiger partial charge in [0, 0.05) is 17.6 Å².